The molecule has 1 heterocycles. The standard InChI is InChI=1S/C19H15Cl2N3O2S3/c1-10(25)12-4-3-5-13(8-12)22-17(26)11(2)28-18-23-24(19(27)29-18)14-6-7-15(20)16(21)9-14/h3-9,11H,1-2H3,(H,22,26)/t11-/m1/s1. The fourth-order valence-electron chi connectivity index (χ4n) is 2.35. The van der Waals surface area contributed by atoms with E-state index in [9.17, 15) is 9.59 Å². The molecule has 3 rings (SSSR count). The van der Waals surface area contributed by atoms with Crippen LogP contribution in [-0.4, -0.2) is 26.7 Å². The number of hydrogen-bond acceptors (Lipinski definition) is 6. The predicted octanol–water partition coefficient (Wildman–Crippen LogP) is 6.29. The van der Waals surface area contributed by atoms with Crippen molar-refractivity contribution >= 4 is 75.9 Å². The van der Waals surface area contributed by atoms with Gasteiger partial charge in [0.05, 0.1) is 21.0 Å². The maximum absolute atomic E-state index is 12.5. The summed E-state index contributed by atoms with van der Waals surface area (Å²) in [5.74, 6) is -0.256. The first kappa shape index (κ1) is 22.0. The van der Waals surface area contributed by atoms with Crippen LogP contribution < -0.4 is 5.32 Å². The Morgan fingerprint density at radius 1 is 1.21 bits per heavy atom. The van der Waals surface area contributed by atoms with Gasteiger partial charge < -0.3 is 5.32 Å². The van der Waals surface area contributed by atoms with Crippen LogP contribution in [0.3, 0.4) is 0 Å². The molecule has 1 N–H and O–H groups in total. The first-order valence-corrected chi connectivity index (χ1v) is 11.2. The number of thioether (sulfide) groups is 1. The van der Waals surface area contributed by atoms with Gasteiger partial charge in [0, 0.05) is 11.3 Å². The van der Waals surface area contributed by atoms with Crippen molar-refractivity contribution in [1.29, 1.82) is 0 Å². The van der Waals surface area contributed by atoms with Crippen molar-refractivity contribution in [1.82, 2.24) is 9.78 Å². The second-order valence-electron chi connectivity index (χ2n) is 6.03. The summed E-state index contributed by atoms with van der Waals surface area (Å²) in [6.45, 7) is 3.26. The van der Waals surface area contributed by atoms with E-state index in [2.05, 4.69) is 10.4 Å². The van der Waals surface area contributed by atoms with Crippen LogP contribution in [0.5, 0.6) is 0 Å². The van der Waals surface area contributed by atoms with Gasteiger partial charge in [-0.25, -0.2) is 4.68 Å². The molecule has 0 bridgehead atoms. The number of amides is 1. The Morgan fingerprint density at radius 3 is 2.66 bits per heavy atom. The highest BCUT2D eigenvalue weighted by atomic mass is 35.5. The number of rotatable bonds is 6. The van der Waals surface area contributed by atoms with Crippen molar-refractivity contribution in [3.05, 3.63) is 62.0 Å². The van der Waals surface area contributed by atoms with E-state index in [0.29, 0.717) is 35.3 Å². The molecule has 0 unspecified atom stereocenters. The smallest absolute Gasteiger partial charge is 0.237 e. The lowest BCUT2D eigenvalue weighted by Gasteiger charge is -2.11. The minimum absolute atomic E-state index is 0.0591. The maximum atomic E-state index is 12.5. The zero-order valence-corrected chi connectivity index (χ0v) is 19.3. The first-order chi connectivity index (χ1) is 13.7. The van der Waals surface area contributed by atoms with Gasteiger partial charge in [0.25, 0.3) is 0 Å². The fraction of sp³-hybridized carbons (Fsp3) is 0.158. The minimum Gasteiger partial charge on any atom is -0.325 e. The maximum Gasteiger partial charge on any atom is 0.237 e. The van der Waals surface area contributed by atoms with Crippen LogP contribution in [-0.2, 0) is 4.79 Å². The van der Waals surface area contributed by atoms with Crippen molar-refractivity contribution in [3.8, 4) is 5.69 Å². The Kier molecular flexibility index (Phi) is 7.13. The molecule has 0 radical (unpaired) electrons. The highest BCUT2D eigenvalue weighted by Gasteiger charge is 2.18. The molecule has 1 atom stereocenters. The molecule has 3 aromatic rings. The number of nitrogens with zero attached hydrogens (tertiary/aromatic N) is 2. The predicted molar refractivity (Wildman–Crippen MR) is 123 cm³/mol. The van der Waals surface area contributed by atoms with Gasteiger partial charge in [-0.15, -0.1) is 5.10 Å². The van der Waals surface area contributed by atoms with E-state index in [1.807, 2.05) is 0 Å². The zero-order chi connectivity index (χ0) is 21.1. The molecule has 0 aliphatic carbocycles. The van der Waals surface area contributed by atoms with E-state index in [0.717, 1.165) is 0 Å². The number of aromatic nitrogens is 2. The van der Waals surface area contributed by atoms with E-state index in [1.165, 1.54) is 30.0 Å². The number of hydrogen-bond donors (Lipinski definition) is 1. The van der Waals surface area contributed by atoms with E-state index in [4.69, 9.17) is 35.4 Å². The second kappa shape index (κ2) is 9.40. The molecule has 0 aliphatic rings. The Balaban J connectivity index is 1.72. The van der Waals surface area contributed by atoms with Gasteiger partial charge in [-0.2, -0.15) is 0 Å². The van der Waals surface area contributed by atoms with Gasteiger partial charge in [-0.1, -0.05) is 58.4 Å². The summed E-state index contributed by atoms with van der Waals surface area (Å²) in [6, 6.07) is 12.0. The molecule has 10 heteroatoms. The minimum atomic E-state index is -0.418. The molecule has 5 nitrogen and oxygen atoms in total. The Bertz CT molecular complexity index is 1140. The topological polar surface area (TPSA) is 64.0 Å². The fourth-order valence-corrected chi connectivity index (χ4v) is 5.15. The molecule has 0 fully saturated rings. The van der Waals surface area contributed by atoms with Crippen molar-refractivity contribution in [2.75, 3.05) is 5.32 Å². The zero-order valence-electron chi connectivity index (χ0n) is 15.3. The molecular formula is C19H15Cl2N3O2S3. The lowest BCUT2D eigenvalue weighted by molar-refractivity contribution is -0.115. The third kappa shape index (κ3) is 5.46. The quantitative estimate of drug-likeness (QED) is 0.253. The van der Waals surface area contributed by atoms with E-state index >= 15 is 0 Å². The molecule has 0 spiro atoms. The lowest BCUT2D eigenvalue weighted by atomic mass is 10.1. The van der Waals surface area contributed by atoms with Crippen molar-refractivity contribution < 1.29 is 9.59 Å². The normalized spacial score (nSPS) is 11.9. The number of carbonyl (C=O) groups excluding carboxylic acids is 2. The number of nitrogens with one attached hydrogen (secondary N) is 1. The van der Waals surface area contributed by atoms with Crippen LogP contribution >= 0.6 is 58.5 Å². The molecule has 1 amide bonds. The molecule has 2 aromatic carbocycles. The van der Waals surface area contributed by atoms with Crippen molar-refractivity contribution in [2.45, 2.75) is 23.4 Å². The number of anilines is 1. The molecule has 29 heavy (non-hydrogen) atoms. The third-order valence-corrected chi connectivity index (χ3v) is 7.02. The second-order valence-corrected chi connectivity index (χ2v) is 10.1. The van der Waals surface area contributed by atoms with Gasteiger partial charge in [0.2, 0.25) is 5.91 Å². The average Bonchev–Trinajstić information content (AvgIpc) is 3.04. The van der Waals surface area contributed by atoms with Gasteiger partial charge >= 0.3 is 0 Å². The summed E-state index contributed by atoms with van der Waals surface area (Å²) < 4.78 is 2.78. The number of Topliss-reactive ketones (excluding diaryl/α,β-unsaturated/α-hetero) is 1. The van der Waals surface area contributed by atoms with E-state index < -0.39 is 5.25 Å². The van der Waals surface area contributed by atoms with E-state index in [1.54, 1.807) is 54.1 Å². The summed E-state index contributed by atoms with van der Waals surface area (Å²) in [4.78, 5) is 24.0. The van der Waals surface area contributed by atoms with Gasteiger partial charge in [-0.3, -0.25) is 9.59 Å². The van der Waals surface area contributed by atoms with Gasteiger partial charge in [-0.05, 0) is 56.4 Å². The summed E-state index contributed by atoms with van der Waals surface area (Å²) in [7, 11) is 0. The summed E-state index contributed by atoms with van der Waals surface area (Å²) in [5, 5.41) is 7.75. The summed E-state index contributed by atoms with van der Waals surface area (Å²) in [6.07, 6.45) is 0. The van der Waals surface area contributed by atoms with E-state index in [-0.39, 0.29) is 11.7 Å². The average molecular weight is 484 g/mol. The summed E-state index contributed by atoms with van der Waals surface area (Å²) in [5.41, 5.74) is 1.82. The van der Waals surface area contributed by atoms with Crippen LogP contribution in [0, 0.1) is 3.95 Å². The van der Waals surface area contributed by atoms with Crippen LogP contribution in [0.2, 0.25) is 10.0 Å². The number of benzene rings is 2. The monoisotopic (exact) mass is 483 g/mol. The summed E-state index contributed by atoms with van der Waals surface area (Å²) >= 11 is 20.0. The number of ketones is 1. The van der Waals surface area contributed by atoms with Crippen molar-refractivity contribution in [2.24, 2.45) is 0 Å². The lowest BCUT2D eigenvalue weighted by Crippen LogP contribution is -2.22. The largest absolute Gasteiger partial charge is 0.325 e. The molecule has 150 valence electrons. The Hall–Kier alpha value is -1.71. The molecule has 0 saturated heterocycles. The van der Waals surface area contributed by atoms with Gasteiger partial charge in [0.15, 0.2) is 14.1 Å². The molecular weight excluding hydrogens is 469 g/mol. The van der Waals surface area contributed by atoms with Crippen LogP contribution in [0.15, 0.2) is 46.8 Å². The number of carbonyl (C=O) groups is 2. The van der Waals surface area contributed by atoms with Crippen LogP contribution in [0.4, 0.5) is 5.69 Å². The van der Waals surface area contributed by atoms with Crippen molar-refractivity contribution in [3.63, 3.8) is 0 Å². The Labute approximate surface area is 191 Å². The first-order valence-electron chi connectivity index (χ1n) is 8.38. The number of halogens is 2. The van der Waals surface area contributed by atoms with Gasteiger partial charge in [0.1, 0.15) is 0 Å². The SMILES string of the molecule is CC(=O)c1cccc(NC(=O)[C@@H](C)Sc2nn(-c3ccc(Cl)c(Cl)c3)c(=S)s2)c1. The third-order valence-electron chi connectivity index (χ3n) is 3.86. The molecule has 0 saturated carbocycles. The van der Waals surface area contributed by atoms with Crippen LogP contribution in [0.1, 0.15) is 24.2 Å². The highest BCUT2D eigenvalue weighted by Crippen LogP contribution is 2.30. The molecule has 0 aliphatic heterocycles. The Morgan fingerprint density at radius 2 is 1.97 bits per heavy atom. The molecule has 1 aromatic heterocycles. The van der Waals surface area contributed by atoms with Crippen LogP contribution in [0.25, 0.3) is 5.69 Å². The highest BCUT2D eigenvalue weighted by molar-refractivity contribution is 8.02.